The maximum Gasteiger partial charge on any atom is 0.243 e. The summed E-state index contributed by atoms with van der Waals surface area (Å²) in [5.41, 5.74) is 0. The van der Waals surface area contributed by atoms with E-state index in [4.69, 9.17) is 0 Å². The third-order valence-electron chi connectivity index (χ3n) is 4.24. The van der Waals surface area contributed by atoms with Crippen LogP contribution in [-0.2, 0) is 4.79 Å². The lowest BCUT2D eigenvalue weighted by Gasteiger charge is -2.24. The highest BCUT2D eigenvalue weighted by molar-refractivity contribution is 14.0. The van der Waals surface area contributed by atoms with Crippen LogP contribution in [0.15, 0.2) is 4.99 Å². The molecule has 1 aliphatic rings. The Bertz CT molecular complexity index is 395. The predicted molar refractivity (Wildman–Crippen MR) is 116 cm³/mol. The van der Waals surface area contributed by atoms with Gasteiger partial charge in [-0.2, -0.15) is 11.8 Å². The molecule has 6 nitrogen and oxygen atoms in total. The Balaban J connectivity index is 0.00000529. The fraction of sp³-hybridized carbons (Fsp3) is 0.875. The summed E-state index contributed by atoms with van der Waals surface area (Å²) >= 11 is 1.81. The van der Waals surface area contributed by atoms with E-state index < -0.39 is 0 Å². The molecule has 24 heavy (non-hydrogen) atoms. The van der Waals surface area contributed by atoms with Gasteiger partial charge in [-0.1, -0.05) is 13.8 Å². The van der Waals surface area contributed by atoms with Crippen LogP contribution < -0.4 is 10.6 Å². The van der Waals surface area contributed by atoms with Gasteiger partial charge in [-0.3, -0.25) is 9.69 Å². The first-order valence-electron chi connectivity index (χ1n) is 8.47. The minimum absolute atomic E-state index is 0. The number of halogens is 1. The lowest BCUT2D eigenvalue weighted by atomic mass is 10.2. The number of aliphatic imine (C=N–C) groups is 1. The average molecular weight is 471 g/mol. The normalized spacial score (nSPS) is 19.5. The highest BCUT2D eigenvalue weighted by Crippen LogP contribution is 2.15. The Hall–Kier alpha value is -0.220. The zero-order chi connectivity index (χ0) is 17.2. The SMILES string of the molecule is CCN1CCCC1CNC(=NCC(=O)N(C)C)NCC(C)SC.I. The van der Waals surface area contributed by atoms with Gasteiger partial charge in [-0.25, -0.2) is 4.99 Å². The molecule has 0 aromatic rings. The van der Waals surface area contributed by atoms with Crippen molar-refractivity contribution in [2.75, 3.05) is 53.1 Å². The quantitative estimate of drug-likeness (QED) is 0.319. The molecule has 1 amide bonds. The molecule has 2 unspecified atom stereocenters. The molecule has 0 bridgehead atoms. The van der Waals surface area contributed by atoms with Gasteiger partial charge >= 0.3 is 0 Å². The molecule has 1 saturated heterocycles. The second kappa shape index (κ2) is 13.0. The van der Waals surface area contributed by atoms with E-state index >= 15 is 0 Å². The van der Waals surface area contributed by atoms with Crippen molar-refractivity contribution in [2.45, 2.75) is 38.0 Å². The topological polar surface area (TPSA) is 60.0 Å². The monoisotopic (exact) mass is 471 g/mol. The summed E-state index contributed by atoms with van der Waals surface area (Å²) in [5.74, 6) is 0.754. The molecule has 0 aliphatic carbocycles. The molecule has 1 fully saturated rings. The van der Waals surface area contributed by atoms with E-state index in [9.17, 15) is 4.79 Å². The number of rotatable bonds is 8. The van der Waals surface area contributed by atoms with E-state index in [-0.39, 0.29) is 36.4 Å². The summed E-state index contributed by atoms with van der Waals surface area (Å²) in [6.07, 6.45) is 4.60. The lowest BCUT2D eigenvalue weighted by molar-refractivity contribution is -0.127. The fourth-order valence-corrected chi connectivity index (χ4v) is 2.79. The summed E-state index contributed by atoms with van der Waals surface area (Å²) in [6, 6.07) is 0.564. The highest BCUT2D eigenvalue weighted by Gasteiger charge is 2.22. The molecule has 2 N–H and O–H groups in total. The van der Waals surface area contributed by atoms with Crippen molar-refractivity contribution in [3.05, 3.63) is 0 Å². The van der Waals surface area contributed by atoms with E-state index in [0.29, 0.717) is 11.3 Å². The summed E-state index contributed by atoms with van der Waals surface area (Å²) in [4.78, 5) is 20.3. The smallest absolute Gasteiger partial charge is 0.243 e. The Morgan fingerprint density at radius 2 is 2.12 bits per heavy atom. The molecule has 142 valence electrons. The Kier molecular flexibility index (Phi) is 12.9. The number of carbonyl (C=O) groups is 1. The Morgan fingerprint density at radius 3 is 2.71 bits per heavy atom. The number of carbonyl (C=O) groups excluding carboxylic acids is 1. The summed E-state index contributed by atoms with van der Waals surface area (Å²) in [7, 11) is 3.51. The number of amides is 1. The molecule has 1 aliphatic heterocycles. The number of nitrogens with one attached hydrogen (secondary N) is 2. The largest absolute Gasteiger partial charge is 0.355 e. The van der Waals surface area contributed by atoms with E-state index in [1.807, 2.05) is 11.8 Å². The number of guanidine groups is 1. The van der Waals surface area contributed by atoms with Crippen molar-refractivity contribution in [1.29, 1.82) is 0 Å². The predicted octanol–water partition coefficient (Wildman–Crippen LogP) is 1.46. The molecule has 0 aromatic carbocycles. The zero-order valence-electron chi connectivity index (χ0n) is 15.7. The van der Waals surface area contributed by atoms with Crippen LogP contribution in [0, 0.1) is 0 Å². The van der Waals surface area contributed by atoms with Gasteiger partial charge in [0.25, 0.3) is 0 Å². The van der Waals surface area contributed by atoms with Gasteiger partial charge in [-0.05, 0) is 32.2 Å². The average Bonchev–Trinajstić information content (AvgIpc) is 3.00. The van der Waals surface area contributed by atoms with Crippen molar-refractivity contribution in [3.63, 3.8) is 0 Å². The second-order valence-electron chi connectivity index (χ2n) is 6.19. The van der Waals surface area contributed by atoms with Gasteiger partial charge in [0, 0.05) is 38.5 Å². The number of hydrogen-bond donors (Lipinski definition) is 2. The van der Waals surface area contributed by atoms with Crippen LogP contribution in [0.25, 0.3) is 0 Å². The van der Waals surface area contributed by atoms with Gasteiger partial charge in [0.15, 0.2) is 5.96 Å². The summed E-state index contributed by atoms with van der Waals surface area (Å²) < 4.78 is 0. The number of likely N-dealkylation sites (N-methyl/N-ethyl adjacent to an activating group) is 2. The first kappa shape index (κ1) is 23.8. The minimum Gasteiger partial charge on any atom is -0.355 e. The molecule has 0 aromatic heterocycles. The Morgan fingerprint density at radius 1 is 1.42 bits per heavy atom. The molecule has 1 rings (SSSR count). The molecule has 2 atom stereocenters. The molecule has 0 spiro atoms. The first-order valence-corrected chi connectivity index (χ1v) is 9.75. The van der Waals surface area contributed by atoms with Gasteiger partial charge in [0.05, 0.1) is 0 Å². The van der Waals surface area contributed by atoms with Crippen LogP contribution in [0.3, 0.4) is 0 Å². The fourth-order valence-electron chi connectivity index (χ4n) is 2.54. The van der Waals surface area contributed by atoms with E-state index in [2.05, 4.69) is 40.6 Å². The van der Waals surface area contributed by atoms with Crippen molar-refractivity contribution < 1.29 is 4.79 Å². The van der Waals surface area contributed by atoms with E-state index in [1.54, 1.807) is 19.0 Å². The van der Waals surface area contributed by atoms with Crippen molar-refractivity contribution in [2.24, 2.45) is 4.99 Å². The number of nitrogens with zero attached hydrogens (tertiary/aromatic N) is 3. The molecule has 8 heteroatoms. The van der Waals surface area contributed by atoms with Crippen LogP contribution in [0.1, 0.15) is 26.7 Å². The van der Waals surface area contributed by atoms with E-state index in [0.717, 1.165) is 25.6 Å². The summed E-state index contributed by atoms with van der Waals surface area (Å²) in [5, 5.41) is 7.27. The minimum atomic E-state index is 0. The van der Waals surface area contributed by atoms with E-state index in [1.165, 1.54) is 19.4 Å². The third kappa shape index (κ3) is 8.75. The Labute approximate surface area is 168 Å². The van der Waals surface area contributed by atoms with Crippen LogP contribution in [0.5, 0.6) is 0 Å². The maximum absolute atomic E-state index is 11.8. The van der Waals surface area contributed by atoms with Crippen molar-refractivity contribution in [1.82, 2.24) is 20.4 Å². The number of hydrogen-bond acceptors (Lipinski definition) is 4. The third-order valence-corrected chi connectivity index (χ3v) is 5.21. The van der Waals surface area contributed by atoms with Gasteiger partial charge in [0.1, 0.15) is 6.54 Å². The molecule has 1 heterocycles. The maximum atomic E-state index is 11.8. The van der Waals surface area contributed by atoms with Crippen LogP contribution in [0.4, 0.5) is 0 Å². The lowest BCUT2D eigenvalue weighted by Crippen LogP contribution is -2.46. The van der Waals surface area contributed by atoms with Gasteiger partial charge in [0.2, 0.25) is 5.91 Å². The molecular formula is C16H34IN5OS. The first-order chi connectivity index (χ1) is 11.0. The standard InChI is InChI=1S/C16H33N5OS.HI/c1-6-21-9-7-8-14(21)11-18-16(17-10-13(2)23-5)19-12-15(22)20(3)4;/h13-14H,6-12H2,1-5H3,(H2,17,18,19);1H. The van der Waals surface area contributed by atoms with Gasteiger partial charge in [-0.15, -0.1) is 24.0 Å². The second-order valence-corrected chi connectivity index (χ2v) is 7.46. The van der Waals surface area contributed by atoms with Crippen molar-refractivity contribution >= 4 is 47.6 Å². The van der Waals surface area contributed by atoms with Crippen LogP contribution >= 0.6 is 35.7 Å². The molecule has 0 radical (unpaired) electrons. The van der Waals surface area contributed by atoms with Crippen molar-refractivity contribution in [3.8, 4) is 0 Å². The number of thioether (sulfide) groups is 1. The summed E-state index contributed by atoms with van der Waals surface area (Å²) in [6.45, 7) is 8.56. The molecular weight excluding hydrogens is 437 g/mol. The zero-order valence-corrected chi connectivity index (χ0v) is 18.8. The van der Waals surface area contributed by atoms with Crippen LogP contribution in [-0.4, -0.2) is 86.0 Å². The number of likely N-dealkylation sites (tertiary alicyclic amines) is 1. The van der Waals surface area contributed by atoms with Gasteiger partial charge < -0.3 is 15.5 Å². The highest BCUT2D eigenvalue weighted by atomic mass is 127. The molecule has 0 saturated carbocycles. The van der Waals surface area contributed by atoms with Crippen LogP contribution in [0.2, 0.25) is 0 Å².